The number of nitrogens with zero attached hydrogens (tertiary/aromatic N) is 3. The van der Waals surface area contributed by atoms with Crippen LogP contribution < -0.4 is 10.6 Å². The highest BCUT2D eigenvalue weighted by atomic mass is 16.2. The Bertz CT molecular complexity index is 1870. The van der Waals surface area contributed by atoms with E-state index in [0.29, 0.717) is 36.1 Å². The summed E-state index contributed by atoms with van der Waals surface area (Å²) in [5, 5.41) is 11.5. The number of nitrogens with one attached hydrogen (secondary N) is 3. The second kappa shape index (κ2) is 12.7. The molecule has 0 atom stereocenters. The van der Waals surface area contributed by atoms with Gasteiger partial charge in [0.2, 0.25) is 0 Å². The Morgan fingerprint density at radius 1 is 0.913 bits per heavy atom. The van der Waals surface area contributed by atoms with E-state index < -0.39 is 11.7 Å². The highest BCUT2D eigenvalue weighted by molar-refractivity contribution is 6.44. The number of likely N-dealkylation sites (tertiary alicyclic amines) is 1. The fraction of sp³-hybridized carbons (Fsp3) is 0.297. The van der Waals surface area contributed by atoms with Gasteiger partial charge in [-0.1, -0.05) is 68.8 Å². The van der Waals surface area contributed by atoms with Crippen molar-refractivity contribution >= 4 is 40.1 Å². The van der Waals surface area contributed by atoms with Crippen LogP contribution in [0.2, 0.25) is 0 Å². The quantitative estimate of drug-likeness (QED) is 0.132. The smallest absolute Gasteiger partial charge is 0.324 e. The third kappa shape index (κ3) is 6.73. The van der Waals surface area contributed by atoms with Gasteiger partial charge in [0.25, 0.3) is 11.7 Å². The lowest BCUT2D eigenvalue weighted by atomic mass is 9.90. The van der Waals surface area contributed by atoms with E-state index in [4.69, 9.17) is 5.10 Å². The Morgan fingerprint density at radius 3 is 2.30 bits per heavy atom. The lowest BCUT2D eigenvalue weighted by Gasteiger charge is -2.31. The predicted octanol–water partition coefficient (Wildman–Crippen LogP) is 7.27. The maximum atomic E-state index is 13.0. The molecule has 46 heavy (non-hydrogen) atoms. The van der Waals surface area contributed by atoms with Gasteiger partial charge in [0.15, 0.2) is 0 Å². The maximum absolute atomic E-state index is 13.0. The molecule has 0 aliphatic carbocycles. The molecule has 3 heterocycles. The molecule has 1 fully saturated rings. The molecule has 0 bridgehead atoms. The monoisotopic (exact) mass is 616 g/mol. The lowest BCUT2D eigenvalue weighted by molar-refractivity contribution is -0.127. The lowest BCUT2D eigenvalue weighted by Crippen LogP contribution is -2.42. The van der Waals surface area contributed by atoms with Crippen molar-refractivity contribution < 1.29 is 14.4 Å². The van der Waals surface area contributed by atoms with Crippen molar-refractivity contribution in [3.8, 4) is 5.69 Å². The van der Waals surface area contributed by atoms with E-state index in [1.807, 2.05) is 85.8 Å². The van der Waals surface area contributed by atoms with Crippen molar-refractivity contribution in [2.75, 3.05) is 23.7 Å². The molecular weight excluding hydrogens is 576 g/mol. The molecule has 5 aromatic rings. The minimum atomic E-state index is -0.461. The third-order valence-corrected chi connectivity index (χ3v) is 8.66. The second-order valence-corrected chi connectivity index (χ2v) is 13.2. The first-order valence-corrected chi connectivity index (χ1v) is 15.8. The normalized spacial score (nSPS) is 14.0. The van der Waals surface area contributed by atoms with Crippen LogP contribution in [-0.2, 0) is 16.6 Å². The average Bonchev–Trinajstić information content (AvgIpc) is 3.67. The number of aromatic amines is 1. The summed E-state index contributed by atoms with van der Waals surface area (Å²) in [6.45, 7) is 9.44. The molecule has 0 saturated carbocycles. The summed E-state index contributed by atoms with van der Waals surface area (Å²) in [7, 11) is 0. The molecular formula is C37H40N6O3. The Hall–Kier alpha value is -5.18. The van der Waals surface area contributed by atoms with Gasteiger partial charge in [-0.3, -0.25) is 14.9 Å². The largest absolute Gasteiger partial charge is 0.360 e. The van der Waals surface area contributed by atoms with Crippen LogP contribution in [0.3, 0.4) is 0 Å². The van der Waals surface area contributed by atoms with Gasteiger partial charge in [-0.2, -0.15) is 5.10 Å². The van der Waals surface area contributed by atoms with E-state index >= 15 is 0 Å². The van der Waals surface area contributed by atoms with Crippen molar-refractivity contribution in [2.24, 2.45) is 5.92 Å². The molecule has 3 amide bonds. The third-order valence-electron chi connectivity index (χ3n) is 8.66. The SMILES string of the molecule is Cc1ccc(-n2nc(C(C)(C)C)cc2NC(=O)Nc2ccc(CC3CCN(C(=O)C(=O)c4c[nH]c5ccccc45)CC3)cc2)cc1. The number of carbonyl (C=O) groups is 3. The van der Waals surface area contributed by atoms with Gasteiger partial charge in [0.05, 0.1) is 16.9 Å². The number of fused-ring (bicyclic) bond motifs is 1. The average molecular weight is 617 g/mol. The number of hydrogen-bond donors (Lipinski definition) is 3. The van der Waals surface area contributed by atoms with Crippen LogP contribution in [0.25, 0.3) is 16.6 Å². The number of anilines is 2. The molecule has 1 aliphatic heterocycles. The summed E-state index contributed by atoms with van der Waals surface area (Å²) in [4.78, 5) is 43.8. The van der Waals surface area contributed by atoms with Crippen molar-refractivity contribution in [1.29, 1.82) is 0 Å². The number of ketones is 1. The van der Waals surface area contributed by atoms with Gasteiger partial charge in [0.1, 0.15) is 5.82 Å². The van der Waals surface area contributed by atoms with Crippen molar-refractivity contribution in [1.82, 2.24) is 19.7 Å². The molecule has 2 aromatic heterocycles. The van der Waals surface area contributed by atoms with E-state index in [0.717, 1.165) is 52.7 Å². The van der Waals surface area contributed by atoms with Crippen molar-refractivity contribution in [2.45, 2.75) is 52.4 Å². The minimum absolute atomic E-state index is 0.180. The highest BCUT2D eigenvalue weighted by Crippen LogP contribution is 2.28. The van der Waals surface area contributed by atoms with E-state index in [-0.39, 0.29) is 11.4 Å². The number of amides is 3. The first-order valence-electron chi connectivity index (χ1n) is 15.8. The molecule has 1 aliphatic rings. The maximum Gasteiger partial charge on any atom is 0.324 e. The van der Waals surface area contributed by atoms with Crippen LogP contribution in [0.15, 0.2) is 85.1 Å². The number of H-pyrrole nitrogens is 1. The summed E-state index contributed by atoms with van der Waals surface area (Å²) in [6.07, 6.45) is 4.17. The molecule has 0 spiro atoms. The Kier molecular flexibility index (Phi) is 8.49. The molecule has 6 rings (SSSR count). The zero-order valence-corrected chi connectivity index (χ0v) is 26.8. The fourth-order valence-electron chi connectivity index (χ4n) is 5.91. The number of benzene rings is 3. The van der Waals surface area contributed by atoms with Gasteiger partial charge in [0, 0.05) is 47.4 Å². The molecule has 9 heteroatoms. The number of carbonyl (C=O) groups excluding carboxylic acids is 3. The summed E-state index contributed by atoms with van der Waals surface area (Å²) >= 11 is 0. The van der Waals surface area contributed by atoms with Crippen LogP contribution in [0, 0.1) is 12.8 Å². The van der Waals surface area contributed by atoms with Crippen LogP contribution in [-0.4, -0.2) is 50.5 Å². The summed E-state index contributed by atoms with van der Waals surface area (Å²) in [5.74, 6) is 0.107. The number of para-hydroxylation sites is 1. The van der Waals surface area contributed by atoms with Gasteiger partial charge in [-0.15, -0.1) is 0 Å². The standard InChI is InChI=1S/C37H40N6O3/c1-24-9-15-28(16-10-24)43-33(22-32(41-43)37(2,3)4)40-36(46)39-27-13-11-25(12-14-27)21-26-17-19-42(20-18-26)35(45)34(44)30-23-38-31-8-6-5-7-29(30)31/h5-16,22-23,26,38H,17-21H2,1-4H3,(H2,39,40,46). The predicted molar refractivity (Wildman–Crippen MR) is 182 cm³/mol. The number of piperidine rings is 1. The van der Waals surface area contributed by atoms with E-state index in [1.54, 1.807) is 15.8 Å². The number of rotatable bonds is 7. The summed E-state index contributed by atoms with van der Waals surface area (Å²) in [6, 6.07) is 25.0. The first-order chi connectivity index (χ1) is 22.0. The van der Waals surface area contributed by atoms with Gasteiger partial charge < -0.3 is 15.2 Å². The van der Waals surface area contributed by atoms with Crippen LogP contribution >= 0.6 is 0 Å². The second-order valence-electron chi connectivity index (χ2n) is 13.2. The molecule has 3 N–H and O–H groups in total. The van der Waals surface area contributed by atoms with E-state index in [2.05, 4.69) is 36.4 Å². The summed E-state index contributed by atoms with van der Waals surface area (Å²) in [5.41, 5.74) is 5.85. The van der Waals surface area contributed by atoms with Crippen molar-refractivity contribution in [3.63, 3.8) is 0 Å². The number of aryl methyl sites for hydroxylation is 1. The van der Waals surface area contributed by atoms with Gasteiger partial charge in [-0.05, 0) is 68.0 Å². The number of aromatic nitrogens is 3. The Balaban J connectivity index is 1.02. The molecule has 1 saturated heterocycles. The Morgan fingerprint density at radius 2 is 1.61 bits per heavy atom. The zero-order chi connectivity index (χ0) is 32.4. The number of urea groups is 1. The first kappa shape index (κ1) is 30.8. The molecule has 3 aromatic carbocycles. The van der Waals surface area contributed by atoms with E-state index in [9.17, 15) is 14.4 Å². The zero-order valence-electron chi connectivity index (χ0n) is 26.8. The molecule has 236 valence electrons. The minimum Gasteiger partial charge on any atom is -0.360 e. The van der Waals surface area contributed by atoms with Gasteiger partial charge >= 0.3 is 6.03 Å². The number of hydrogen-bond acceptors (Lipinski definition) is 4. The molecule has 9 nitrogen and oxygen atoms in total. The molecule has 0 radical (unpaired) electrons. The summed E-state index contributed by atoms with van der Waals surface area (Å²) < 4.78 is 1.76. The van der Waals surface area contributed by atoms with Crippen LogP contribution in [0.4, 0.5) is 16.3 Å². The molecule has 0 unspecified atom stereocenters. The van der Waals surface area contributed by atoms with Gasteiger partial charge in [-0.25, -0.2) is 9.48 Å². The topological polar surface area (TPSA) is 112 Å². The van der Waals surface area contributed by atoms with Crippen LogP contribution in [0.5, 0.6) is 0 Å². The Labute approximate surface area is 269 Å². The van der Waals surface area contributed by atoms with E-state index in [1.165, 1.54) is 0 Å². The number of Topliss-reactive ketones (excluding diaryl/α,β-unsaturated/α-hetero) is 1. The highest BCUT2D eigenvalue weighted by Gasteiger charge is 2.29. The van der Waals surface area contributed by atoms with Crippen molar-refractivity contribution in [3.05, 3.63) is 107 Å². The van der Waals surface area contributed by atoms with Crippen LogP contribution in [0.1, 0.15) is 60.8 Å². The fourth-order valence-corrected chi connectivity index (χ4v) is 5.91.